The van der Waals surface area contributed by atoms with E-state index in [2.05, 4.69) is 17.1 Å². The Hall–Kier alpha value is -2.94. The topological polar surface area (TPSA) is 78.7 Å². The fourth-order valence-electron chi connectivity index (χ4n) is 8.11. The molecule has 0 radical (unpaired) electrons. The van der Waals surface area contributed by atoms with Gasteiger partial charge in [-0.15, -0.1) is 0 Å². The van der Waals surface area contributed by atoms with Gasteiger partial charge in [-0.05, 0) is 92.9 Å². The monoisotopic (exact) mass is 558 g/mol. The Balaban J connectivity index is 1.17. The molecule has 4 bridgehead atoms. The lowest BCUT2D eigenvalue weighted by molar-refractivity contribution is -0.384. The van der Waals surface area contributed by atoms with Gasteiger partial charge in [0.05, 0.1) is 15.5 Å². The van der Waals surface area contributed by atoms with E-state index in [0.717, 1.165) is 35.6 Å². The Morgan fingerprint density at radius 3 is 2.21 bits per heavy atom. The van der Waals surface area contributed by atoms with Crippen molar-refractivity contribution >= 4 is 34.6 Å². The van der Waals surface area contributed by atoms with Crippen LogP contribution in [0.15, 0.2) is 30.3 Å². The Kier molecular flexibility index (Phi) is 6.68. The highest BCUT2D eigenvalue weighted by Gasteiger charge is 2.53. The van der Waals surface area contributed by atoms with Crippen molar-refractivity contribution in [3.8, 4) is 0 Å². The first-order valence-electron chi connectivity index (χ1n) is 13.9. The van der Waals surface area contributed by atoms with E-state index in [9.17, 15) is 23.7 Å². The van der Waals surface area contributed by atoms with Crippen molar-refractivity contribution in [3.63, 3.8) is 0 Å². The van der Waals surface area contributed by atoms with Gasteiger partial charge in [-0.25, -0.2) is 8.78 Å². The summed E-state index contributed by atoms with van der Waals surface area (Å²) in [6, 6.07) is 6.96. The Labute approximate surface area is 231 Å². The second kappa shape index (κ2) is 9.91. The molecule has 5 fully saturated rings. The number of anilines is 2. The molecule has 1 heterocycles. The minimum absolute atomic E-state index is 0.0653. The molecule has 39 heavy (non-hydrogen) atoms. The first kappa shape index (κ1) is 26.3. The highest BCUT2D eigenvalue weighted by molar-refractivity contribution is 6.33. The van der Waals surface area contributed by atoms with E-state index in [4.69, 9.17) is 11.6 Å². The number of hydrogen-bond donors (Lipinski definition) is 1. The third kappa shape index (κ3) is 4.83. The van der Waals surface area contributed by atoms with Crippen molar-refractivity contribution in [1.29, 1.82) is 0 Å². The first-order chi connectivity index (χ1) is 18.6. The maximum Gasteiger partial charge on any atom is 0.292 e. The van der Waals surface area contributed by atoms with Crippen molar-refractivity contribution in [2.75, 3.05) is 36.4 Å². The number of amides is 1. The maximum atomic E-state index is 13.7. The lowest BCUT2D eigenvalue weighted by Gasteiger charge is -2.59. The molecule has 5 aliphatic rings. The van der Waals surface area contributed by atoms with Crippen LogP contribution >= 0.6 is 11.6 Å². The highest BCUT2D eigenvalue weighted by Crippen LogP contribution is 2.61. The van der Waals surface area contributed by atoms with Crippen molar-refractivity contribution in [1.82, 2.24) is 4.90 Å². The lowest BCUT2D eigenvalue weighted by Crippen LogP contribution is -2.53. The van der Waals surface area contributed by atoms with Gasteiger partial charge in [0.15, 0.2) is 11.6 Å². The summed E-state index contributed by atoms with van der Waals surface area (Å²) < 4.78 is 27.2. The van der Waals surface area contributed by atoms with E-state index >= 15 is 0 Å². The zero-order valence-corrected chi connectivity index (χ0v) is 22.7. The van der Waals surface area contributed by atoms with Crippen molar-refractivity contribution < 1.29 is 18.5 Å². The number of benzene rings is 2. The zero-order chi connectivity index (χ0) is 27.5. The number of piperazine rings is 1. The number of rotatable bonds is 6. The molecule has 4 aliphatic carbocycles. The fourth-order valence-corrected chi connectivity index (χ4v) is 8.35. The molecule has 2 aromatic rings. The fraction of sp³-hybridized carbons (Fsp3) is 0.552. The van der Waals surface area contributed by atoms with Crippen LogP contribution in [0.2, 0.25) is 5.02 Å². The van der Waals surface area contributed by atoms with Gasteiger partial charge in [0.1, 0.15) is 5.69 Å². The predicted octanol–water partition coefficient (Wildman–Crippen LogP) is 6.51. The van der Waals surface area contributed by atoms with Crippen LogP contribution in [0, 0.1) is 44.9 Å². The molecule has 4 saturated carbocycles. The molecule has 0 spiro atoms. The third-order valence-electron chi connectivity index (χ3n) is 9.73. The molecule has 1 amide bonds. The molecule has 7 rings (SSSR count). The quantitative estimate of drug-likeness (QED) is 0.248. The number of nitrogens with zero attached hydrogens (tertiary/aromatic N) is 3. The average molecular weight is 559 g/mol. The van der Waals surface area contributed by atoms with Gasteiger partial charge in [-0.3, -0.25) is 14.9 Å². The van der Waals surface area contributed by atoms with Gasteiger partial charge in [-0.2, -0.15) is 0 Å². The molecule has 1 N–H and O–H groups in total. The first-order valence-corrected chi connectivity index (χ1v) is 14.2. The van der Waals surface area contributed by atoms with Gasteiger partial charge >= 0.3 is 0 Å². The number of carbonyl (C=O) groups is 1. The van der Waals surface area contributed by atoms with Crippen LogP contribution < -0.4 is 10.2 Å². The Morgan fingerprint density at radius 2 is 1.62 bits per heavy atom. The molecule has 1 aliphatic heterocycles. The van der Waals surface area contributed by atoms with Crippen LogP contribution in [0.3, 0.4) is 0 Å². The summed E-state index contributed by atoms with van der Waals surface area (Å²) in [5, 5.41) is 15.4. The predicted molar refractivity (Wildman–Crippen MR) is 146 cm³/mol. The molecule has 1 saturated heterocycles. The van der Waals surface area contributed by atoms with Crippen molar-refractivity contribution in [3.05, 3.63) is 62.7 Å². The molecule has 7 nitrogen and oxygen atoms in total. The molecular formula is C29H33ClF2N4O3. The van der Waals surface area contributed by atoms with Crippen molar-refractivity contribution in [2.24, 2.45) is 23.2 Å². The molecule has 2 aromatic carbocycles. The summed E-state index contributed by atoms with van der Waals surface area (Å²) in [5.74, 6) is -0.281. The van der Waals surface area contributed by atoms with Crippen molar-refractivity contribution in [2.45, 2.75) is 51.5 Å². The highest BCUT2D eigenvalue weighted by atomic mass is 35.5. The summed E-state index contributed by atoms with van der Waals surface area (Å²) in [6.45, 7) is 3.90. The van der Waals surface area contributed by atoms with E-state index in [0.29, 0.717) is 31.9 Å². The van der Waals surface area contributed by atoms with Gasteiger partial charge in [0.25, 0.3) is 11.6 Å². The number of nitro groups is 1. The normalized spacial score (nSPS) is 28.5. The SMILES string of the molecule is CC(Nc1cc(N2CCN(C(=O)c3cc(F)c(F)cc3Cl)CC2)ccc1[N+](=O)[O-])C12CC3CC(CC(C3)C1)C2. The smallest absolute Gasteiger partial charge is 0.292 e. The minimum Gasteiger partial charge on any atom is -0.376 e. The summed E-state index contributed by atoms with van der Waals surface area (Å²) in [7, 11) is 0. The van der Waals surface area contributed by atoms with Crippen LogP contribution in [0.1, 0.15) is 55.8 Å². The number of carbonyl (C=O) groups excluding carboxylic acids is 1. The van der Waals surface area contributed by atoms with Gasteiger partial charge in [0, 0.05) is 44.0 Å². The Morgan fingerprint density at radius 1 is 1.03 bits per heavy atom. The maximum absolute atomic E-state index is 13.7. The van der Waals surface area contributed by atoms with Crippen LogP contribution in [-0.4, -0.2) is 48.0 Å². The second-order valence-electron chi connectivity index (χ2n) is 12.1. The Bertz CT molecular complexity index is 1280. The van der Waals surface area contributed by atoms with E-state index < -0.39 is 17.5 Å². The van der Waals surface area contributed by atoms with Crippen LogP contribution in [0.4, 0.5) is 25.8 Å². The largest absolute Gasteiger partial charge is 0.376 e. The second-order valence-corrected chi connectivity index (χ2v) is 12.5. The third-order valence-corrected chi connectivity index (χ3v) is 10.0. The van der Waals surface area contributed by atoms with E-state index in [1.165, 1.54) is 38.5 Å². The molecule has 10 heteroatoms. The van der Waals surface area contributed by atoms with E-state index in [-0.39, 0.29) is 32.7 Å². The summed E-state index contributed by atoms with van der Waals surface area (Å²) in [6.07, 6.45) is 7.66. The van der Waals surface area contributed by atoms with E-state index in [1.54, 1.807) is 17.0 Å². The molecule has 0 aromatic heterocycles. The van der Waals surface area contributed by atoms with Gasteiger partial charge in [0.2, 0.25) is 0 Å². The molecule has 1 atom stereocenters. The average Bonchev–Trinajstić information content (AvgIpc) is 2.89. The van der Waals surface area contributed by atoms with Crippen LogP contribution in [0.5, 0.6) is 0 Å². The van der Waals surface area contributed by atoms with Gasteiger partial charge in [-0.1, -0.05) is 11.6 Å². The van der Waals surface area contributed by atoms with Crippen LogP contribution in [0.25, 0.3) is 0 Å². The summed E-state index contributed by atoms with van der Waals surface area (Å²) in [4.78, 5) is 28.2. The number of hydrogen-bond acceptors (Lipinski definition) is 5. The number of nitro benzene ring substituents is 1. The van der Waals surface area contributed by atoms with Gasteiger partial charge < -0.3 is 15.1 Å². The molecule has 1 unspecified atom stereocenters. The number of halogens is 3. The minimum atomic E-state index is -1.12. The summed E-state index contributed by atoms with van der Waals surface area (Å²) in [5.41, 5.74) is 1.58. The standard InChI is InChI=1S/C29H33ClF2N4O3/c1-17(29-14-18-8-19(15-29)10-20(9-18)16-29)33-26-11-21(2-3-27(26)36(38)39)34-4-6-35(7-5-34)28(37)22-12-24(31)25(32)13-23(22)30/h2-3,11-13,17-20,33H,4-10,14-16H2,1H3. The van der Waals surface area contributed by atoms with Crippen LogP contribution in [-0.2, 0) is 0 Å². The molecular weight excluding hydrogens is 526 g/mol. The van der Waals surface area contributed by atoms with E-state index in [1.807, 2.05) is 6.07 Å². The zero-order valence-electron chi connectivity index (χ0n) is 22.0. The number of nitrogens with one attached hydrogen (secondary N) is 1. The summed E-state index contributed by atoms with van der Waals surface area (Å²) >= 11 is 6.01. The lowest BCUT2D eigenvalue weighted by atomic mass is 9.48. The molecule has 208 valence electrons.